The molecule has 7 heteroatoms. The maximum Gasteiger partial charge on any atom is 0.263 e. The van der Waals surface area contributed by atoms with Crippen molar-refractivity contribution in [3.8, 4) is 0 Å². The van der Waals surface area contributed by atoms with Crippen LogP contribution in [0.15, 0.2) is 58.6 Å². The molecule has 0 fully saturated rings. The zero-order valence-corrected chi connectivity index (χ0v) is 16.0. The van der Waals surface area contributed by atoms with Crippen LogP contribution in [-0.4, -0.2) is 61.2 Å². The molecule has 2 aromatic rings. The quantitative estimate of drug-likeness (QED) is 0.821. The van der Waals surface area contributed by atoms with E-state index in [9.17, 15) is 4.79 Å². The van der Waals surface area contributed by atoms with Gasteiger partial charge < -0.3 is 4.90 Å². The Morgan fingerprint density at radius 1 is 1.15 bits per heavy atom. The second kappa shape index (κ2) is 7.13. The largest absolute Gasteiger partial charge is 0.317 e. The molecule has 2 heterocycles. The van der Waals surface area contributed by atoms with Crippen LogP contribution >= 0.6 is 11.6 Å². The number of carbonyl (C=O) groups is 1. The Labute approximate surface area is 163 Å². The second-order valence-corrected chi connectivity index (χ2v) is 7.25. The third-order valence-electron chi connectivity index (χ3n) is 4.48. The Kier molecular flexibility index (Phi) is 4.68. The lowest BCUT2D eigenvalue weighted by Gasteiger charge is -2.33. The van der Waals surface area contributed by atoms with Crippen molar-refractivity contribution in [2.24, 2.45) is 10.1 Å². The summed E-state index contributed by atoms with van der Waals surface area (Å²) in [5.74, 6) is 0.711. The molecule has 0 saturated carbocycles. The lowest BCUT2D eigenvalue weighted by molar-refractivity contribution is -0.131. The van der Waals surface area contributed by atoms with Crippen molar-refractivity contribution in [2.45, 2.75) is 0 Å². The highest BCUT2D eigenvalue weighted by atomic mass is 35.5. The van der Waals surface area contributed by atoms with E-state index in [4.69, 9.17) is 16.6 Å². The van der Waals surface area contributed by atoms with Gasteiger partial charge in [0.1, 0.15) is 6.54 Å². The molecule has 4 rings (SSSR count). The van der Waals surface area contributed by atoms with Crippen molar-refractivity contribution in [2.75, 3.05) is 38.8 Å². The van der Waals surface area contributed by atoms with Gasteiger partial charge in [0.2, 0.25) is 0 Å². The first-order chi connectivity index (χ1) is 13.0. The van der Waals surface area contributed by atoms with Gasteiger partial charge in [0, 0.05) is 16.1 Å². The maximum atomic E-state index is 12.6. The van der Waals surface area contributed by atoms with Gasteiger partial charge in [0.25, 0.3) is 5.91 Å². The minimum absolute atomic E-state index is 0.0449. The predicted octanol–water partition coefficient (Wildman–Crippen LogP) is 2.67. The van der Waals surface area contributed by atoms with Crippen LogP contribution in [0.25, 0.3) is 0 Å². The van der Waals surface area contributed by atoms with E-state index in [-0.39, 0.29) is 12.5 Å². The van der Waals surface area contributed by atoms with Crippen molar-refractivity contribution < 1.29 is 4.79 Å². The number of rotatable bonds is 3. The van der Waals surface area contributed by atoms with E-state index < -0.39 is 0 Å². The average molecular weight is 382 g/mol. The molecule has 138 valence electrons. The molecule has 2 aliphatic heterocycles. The van der Waals surface area contributed by atoms with Gasteiger partial charge in [-0.15, -0.1) is 0 Å². The van der Waals surface area contributed by atoms with Crippen LogP contribution in [0.5, 0.6) is 0 Å². The van der Waals surface area contributed by atoms with E-state index in [0.717, 1.165) is 28.4 Å². The van der Waals surface area contributed by atoms with Gasteiger partial charge in [0.15, 0.2) is 5.84 Å². The van der Waals surface area contributed by atoms with Crippen molar-refractivity contribution in [3.63, 3.8) is 0 Å². The average Bonchev–Trinajstić information content (AvgIpc) is 2.79. The number of amidine groups is 1. The smallest absolute Gasteiger partial charge is 0.263 e. The van der Waals surface area contributed by atoms with Gasteiger partial charge in [-0.2, -0.15) is 5.10 Å². The molecule has 0 saturated heterocycles. The van der Waals surface area contributed by atoms with E-state index in [0.29, 0.717) is 18.2 Å². The molecule has 0 aromatic heterocycles. The lowest BCUT2D eigenvalue weighted by Crippen LogP contribution is -2.50. The van der Waals surface area contributed by atoms with Crippen molar-refractivity contribution >= 4 is 34.7 Å². The molecule has 0 aliphatic carbocycles. The van der Waals surface area contributed by atoms with Gasteiger partial charge >= 0.3 is 0 Å². The highest BCUT2D eigenvalue weighted by Crippen LogP contribution is 2.31. The van der Waals surface area contributed by atoms with Crippen LogP contribution in [0, 0.1) is 0 Å². The molecule has 0 bridgehead atoms. The fourth-order valence-corrected chi connectivity index (χ4v) is 3.46. The zero-order valence-electron chi connectivity index (χ0n) is 15.3. The summed E-state index contributed by atoms with van der Waals surface area (Å²) in [6, 6.07) is 15.7. The van der Waals surface area contributed by atoms with Gasteiger partial charge in [0.05, 0.1) is 24.6 Å². The lowest BCUT2D eigenvalue weighted by atomic mass is 10.00. The number of hydrogen-bond acceptors (Lipinski definition) is 5. The van der Waals surface area contributed by atoms with Crippen LogP contribution in [0.3, 0.4) is 0 Å². The van der Waals surface area contributed by atoms with Crippen molar-refractivity contribution in [3.05, 3.63) is 64.7 Å². The van der Waals surface area contributed by atoms with Crippen LogP contribution in [0.2, 0.25) is 5.02 Å². The summed E-state index contributed by atoms with van der Waals surface area (Å²) in [6.45, 7) is 1.07. The Balaban J connectivity index is 1.84. The standard InChI is InChI=1S/C20H20ClN5O/c1-24(2)13-26-19(27)12-25-17-9-8-15(21)10-16(17)20(22-11-18(25)23-26)14-6-4-3-5-7-14/h3-10H,11-13H2,1-2H3. The Hall–Kier alpha value is -2.70. The molecule has 0 atom stereocenters. The van der Waals surface area contributed by atoms with E-state index in [2.05, 4.69) is 5.10 Å². The number of nitrogens with zero attached hydrogens (tertiary/aromatic N) is 5. The summed E-state index contributed by atoms with van der Waals surface area (Å²) >= 11 is 6.28. The van der Waals surface area contributed by atoms with Gasteiger partial charge in [-0.1, -0.05) is 41.9 Å². The summed E-state index contributed by atoms with van der Waals surface area (Å²) in [5.41, 5.74) is 3.68. The molecule has 0 radical (unpaired) electrons. The van der Waals surface area contributed by atoms with Gasteiger partial charge in [-0.25, -0.2) is 5.01 Å². The third kappa shape index (κ3) is 3.46. The Morgan fingerprint density at radius 3 is 2.67 bits per heavy atom. The highest BCUT2D eigenvalue weighted by molar-refractivity contribution is 6.32. The zero-order chi connectivity index (χ0) is 19.0. The molecule has 2 aromatic carbocycles. The molecule has 0 unspecified atom stereocenters. The first-order valence-corrected chi connectivity index (χ1v) is 9.10. The Bertz CT molecular complexity index is 939. The molecular weight excluding hydrogens is 362 g/mol. The minimum atomic E-state index is -0.0449. The summed E-state index contributed by atoms with van der Waals surface area (Å²) in [7, 11) is 3.83. The fourth-order valence-electron chi connectivity index (χ4n) is 3.29. The van der Waals surface area contributed by atoms with E-state index in [1.807, 2.05) is 72.4 Å². The fraction of sp³-hybridized carbons (Fsp3) is 0.250. The maximum absolute atomic E-state index is 12.6. The highest BCUT2D eigenvalue weighted by Gasteiger charge is 2.31. The summed E-state index contributed by atoms with van der Waals surface area (Å²) < 4.78 is 0. The predicted molar refractivity (Wildman–Crippen MR) is 109 cm³/mol. The first-order valence-electron chi connectivity index (χ1n) is 8.73. The Morgan fingerprint density at radius 2 is 1.93 bits per heavy atom. The van der Waals surface area contributed by atoms with E-state index in [1.54, 1.807) is 0 Å². The summed E-state index contributed by atoms with van der Waals surface area (Å²) in [6.07, 6.45) is 0. The summed E-state index contributed by atoms with van der Waals surface area (Å²) in [5, 5.41) is 6.72. The molecular formula is C20H20ClN5O. The van der Waals surface area contributed by atoms with E-state index in [1.165, 1.54) is 5.01 Å². The molecule has 2 aliphatic rings. The van der Waals surface area contributed by atoms with E-state index >= 15 is 0 Å². The van der Waals surface area contributed by atoms with Crippen LogP contribution in [-0.2, 0) is 4.79 Å². The van der Waals surface area contributed by atoms with Crippen molar-refractivity contribution in [1.29, 1.82) is 0 Å². The number of amides is 1. The van der Waals surface area contributed by atoms with Crippen LogP contribution < -0.4 is 4.90 Å². The second-order valence-electron chi connectivity index (χ2n) is 6.81. The third-order valence-corrected chi connectivity index (χ3v) is 4.71. The number of benzene rings is 2. The SMILES string of the molecule is CN(C)CN1N=C2CN=C(c3ccccc3)c3cc(Cl)ccc3N2CC1=O. The first kappa shape index (κ1) is 17.7. The van der Waals surface area contributed by atoms with Gasteiger partial charge in [-0.05, 0) is 32.3 Å². The number of carbonyl (C=O) groups excluding carboxylic acids is 1. The molecule has 0 spiro atoms. The number of hydrazone groups is 1. The number of aliphatic imine (C=N–C) groups is 1. The number of hydrogen-bond donors (Lipinski definition) is 0. The number of anilines is 1. The van der Waals surface area contributed by atoms with Crippen molar-refractivity contribution in [1.82, 2.24) is 9.91 Å². The number of fused-ring (bicyclic) bond motifs is 3. The molecule has 0 N–H and O–H groups in total. The van der Waals surface area contributed by atoms with Gasteiger partial charge in [-0.3, -0.25) is 14.7 Å². The minimum Gasteiger partial charge on any atom is -0.317 e. The molecule has 27 heavy (non-hydrogen) atoms. The molecule has 6 nitrogen and oxygen atoms in total. The topological polar surface area (TPSA) is 51.5 Å². The molecule has 1 amide bonds. The van der Waals surface area contributed by atoms with Crippen LogP contribution in [0.4, 0.5) is 5.69 Å². The number of halogens is 1. The van der Waals surface area contributed by atoms with Crippen LogP contribution in [0.1, 0.15) is 11.1 Å². The monoisotopic (exact) mass is 381 g/mol. The normalized spacial score (nSPS) is 16.5. The summed E-state index contributed by atoms with van der Waals surface area (Å²) in [4.78, 5) is 21.3.